The minimum atomic E-state index is -0.461. The van der Waals surface area contributed by atoms with Crippen LogP contribution in [-0.4, -0.2) is 46.3 Å². The number of nitrogens with zero attached hydrogens (tertiary/aromatic N) is 4. The minimum Gasteiger partial charge on any atom is -0.464 e. The molecule has 120 valence electrons. The van der Waals surface area contributed by atoms with E-state index in [-0.39, 0.29) is 11.1 Å². The summed E-state index contributed by atoms with van der Waals surface area (Å²) in [4.78, 5) is 22.3. The van der Waals surface area contributed by atoms with Gasteiger partial charge >= 0.3 is 5.97 Å². The Bertz CT molecular complexity index is 726. The van der Waals surface area contributed by atoms with Crippen molar-refractivity contribution in [1.29, 1.82) is 0 Å². The number of carbonyl (C=O) groups excluding carboxylic acids is 1. The van der Waals surface area contributed by atoms with E-state index in [1.165, 1.54) is 31.0 Å². The third-order valence-corrected chi connectivity index (χ3v) is 5.05. The van der Waals surface area contributed by atoms with Gasteiger partial charge in [0.2, 0.25) is 0 Å². The maximum Gasteiger partial charge on any atom is 0.358 e. The Morgan fingerprint density at radius 3 is 3.00 bits per heavy atom. The molecule has 0 radical (unpaired) electrons. The normalized spacial score (nSPS) is 23.1. The van der Waals surface area contributed by atoms with Crippen LogP contribution in [0.1, 0.15) is 41.0 Å². The van der Waals surface area contributed by atoms with Crippen molar-refractivity contribution in [3.05, 3.63) is 35.5 Å². The summed E-state index contributed by atoms with van der Waals surface area (Å²) in [7, 11) is 1.34. The number of fused-ring (bicyclic) bond motifs is 2. The minimum absolute atomic E-state index is 0.146. The number of esters is 1. The zero-order chi connectivity index (χ0) is 15.9. The predicted molar refractivity (Wildman–Crippen MR) is 83.4 cm³/mol. The van der Waals surface area contributed by atoms with Crippen molar-refractivity contribution in [3.63, 3.8) is 0 Å². The van der Waals surface area contributed by atoms with Crippen molar-refractivity contribution >= 4 is 11.8 Å². The lowest BCUT2D eigenvalue weighted by molar-refractivity contribution is 0.0593. The van der Waals surface area contributed by atoms with Crippen LogP contribution >= 0.6 is 0 Å². The standard InChI is InChI=1S/C16H19N5O2/c1-23-15(22)12-8-18-13(9-17-12)21-6-2-4-16(10-21)5-3-11-7-19-20-14(11)16/h7-9H,2-6,10H2,1H3,(H,19,20). The molecule has 1 saturated heterocycles. The van der Waals surface area contributed by atoms with E-state index in [0.717, 1.165) is 38.2 Å². The van der Waals surface area contributed by atoms with Crippen LogP contribution in [0.3, 0.4) is 0 Å². The maximum absolute atomic E-state index is 11.5. The SMILES string of the molecule is COC(=O)c1cnc(N2CCCC3(CCc4cn[nH]c43)C2)cn1. The van der Waals surface area contributed by atoms with Gasteiger partial charge in [-0.3, -0.25) is 5.10 Å². The van der Waals surface area contributed by atoms with Gasteiger partial charge in [-0.2, -0.15) is 5.10 Å². The number of carbonyl (C=O) groups is 1. The van der Waals surface area contributed by atoms with Gasteiger partial charge in [0, 0.05) is 24.2 Å². The summed E-state index contributed by atoms with van der Waals surface area (Å²) in [5, 5.41) is 7.42. The van der Waals surface area contributed by atoms with Crippen molar-refractivity contribution in [1.82, 2.24) is 20.2 Å². The van der Waals surface area contributed by atoms with Crippen LogP contribution in [-0.2, 0) is 16.6 Å². The Morgan fingerprint density at radius 1 is 1.30 bits per heavy atom. The van der Waals surface area contributed by atoms with Crippen LogP contribution in [0.25, 0.3) is 0 Å². The van der Waals surface area contributed by atoms with Crippen molar-refractivity contribution in [3.8, 4) is 0 Å². The lowest BCUT2D eigenvalue weighted by Gasteiger charge is -2.40. The predicted octanol–water partition coefficient (Wildman–Crippen LogP) is 1.47. The molecule has 0 bridgehead atoms. The number of nitrogens with one attached hydrogen (secondary N) is 1. The Hall–Kier alpha value is -2.44. The summed E-state index contributed by atoms with van der Waals surface area (Å²) in [6, 6.07) is 0. The second-order valence-corrected chi connectivity index (χ2v) is 6.33. The van der Waals surface area contributed by atoms with Crippen LogP contribution in [0.5, 0.6) is 0 Å². The van der Waals surface area contributed by atoms with Crippen LogP contribution in [0.4, 0.5) is 5.82 Å². The molecule has 7 heteroatoms. The summed E-state index contributed by atoms with van der Waals surface area (Å²) < 4.78 is 4.66. The molecular formula is C16H19N5O2. The molecule has 1 N–H and O–H groups in total. The highest BCUT2D eigenvalue weighted by molar-refractivity contribution is 5.86. The number of anilines is 1. The molecular weight excluding hydrogens is 294 g/mol. The highest BCUT2D eigenvalue weighted by Crippen LogP contribution is 2.44. The van der Waals surface area contributed by atoms with Crippen LogP contribution in [0.2, 0.25) is 0 Å². The molecule has 1 atom stereocenters. The highest BCUT2D eigenvalue weighted by atomic mass is 16.5. The second kappa shape index (κ2) is 5.33. The van der Waals surface area contributed by atoms with Crippen molar-refractivity contribution in [2.24, 2.45) is 0 Å². The number of hydrogen-bond acceptors (Lipinski definition) is 6. The number of aromatic nitrogens is 4. The number of H-pyrrole nitrogens is 1. The zero-order valence-corrected chi connectivity index (χ0v) is 13.1. The summed E-state index contributed by atoms with van der Waals surface area (Å²) in [5.74, 6) is 0.349. The molecule has 1 aliphatic carbocycles. The number of piperidine rings is 1. The van der Waals surface area contributed by atoms with Gasteiger partial charge in [0.25, 0.3) is 0 Å². The van der Waals surface area contributed by atoms with Gasteiger partial charge in [-0.05, 0) is 31.2 Å². The second-order valence-electron chi connectivity index (χ2n) is 6.33. The molecule has 7 nitrogen and oxygen atoms in total. The molecule has 23 heavy (non-hydrogen) atoms. The van der Waals surface area contributed by atoms with E-state index in [9.17, 15) is 4.79 Å². The van der Waals surface area contributed by atoms with E-state index in [1.807, 2.05) is 6.20 Å². The maximum atomic E-state index is 11.5. The van der Waals surface area contributed by atoms with Gasteiger partial charge in [-0.1, -0.05) is 0 Å². The number of methoxy groups -OCH3 is 1. The van der Waals surface area contributed by atoms with Crippen molar-refractivity contribution < 1.29 is 9.53 Å². The topological polar surface area (TPSA) is 84.0 Å². The smallest absolute Gasteiger partial charge is 0.358 e. The van der Waals surface area contributed by atoms with Gasteiger partial charge in [0.15, 0.2) is 5.69 Å². The summed E-state index contributed by atoms with van der Waals surface area (Å²) in [5.41, 5.74) is 3.02. The van der Waals surface area contributed by atoms with Crippen LogP contribution < -0.4 is 4.90 Å². The Morgan fingerprint density at radius 2 is 2.22 bits per heavy atom. The Balaban J connectivity index is 1.58. The van der Waals surface area contributed by atoms with Gasteiger partial charge < -0.3 is 9.64 Å². The van der Waals surface area contributed by atoms with E-state index in [1.54, 1.807) is 6.20 Å². The third-order valence-electron chi connectivity index (χ3n) is 5.05. The quantitative estimate of drug-likeness (QED) is 0.845. The fourth-order valence-electron chi connectivity index (χ4n) is 3.89. The lowest BCUT2D eigenvalue weighted by Crippen LogP contribution is -2.45. The number of ether oxygens (including phenoxy) is 1. The number of rotatable bonds is 2. The first-order chi connectivity index (χ1) is 11.2. The summed E-state index contributed by atoms with van der Waals surface area (Å²) >= 11 is 0. The fourth-order valence-corrected chi connectivity index (χ4v) is 3.89. The molecule has 1 unspecified atom stereocenters. The van der Waals surface area contributed by atoms with Crippen LogP contribution in [0, 0.1) is 0 Å². The van der Waals surface area contributed by atoms with E-state index >= 15 is 0 Å². The summed E-state index contributed by atoms with van der Waals surface area (Å²) in [6.45, 7) is 1.87. The molecule has 4 rings (SSSR count). The van der Waals surface area contributed by atoms with Crippen LogP contribution in [0.15, 0.2) is 18.6 Å². The van der Waals surface area contributed by atoms with Gasteiger partial charge in [-0.25, -0.2) is 14.8 Å². The molecule has 0 saturated carbocycles. The molecule has 0 aromatic carbocycles. The zero-order valence-electron chi connectivity index (χ0n) is 13.1. The van der Waals surface area contributed by atoms with E-state index in [4.69, 9.17) is 0 Å². The molecule has 2 aromatic rings. The van der Waals surface area contributed by atoms with Gasteiger partial charge in [0.1, 0.15) is 5.82 Å². The number of aryl methyl sites for hydroxylation is 1. The summed E-state index contributed by atoms with van der Waals surface area (Å²) in [6.07, 6.45) is 9.62. The molecule has 0 amide bonds. The van der Waals surface area contributed by atoms with Gasteiger partial charge in [0.05, 0.1) is 25.7 Å². The molecule has 1 fully saturated rings. The number of aromatic amines is 1. The largest absolute Gasteiger partial charge is 0.464 e. The first kappa shape index (κ1) is 14.2. The molecule has 1 spiro atoms. The lowest BCUT2D eigenvalue weighted by atomic mass is 9.78. The Kier molecular flexibility index (Phi) is 3.28. The molecule has 2 aromatic heterocycles. The van der Waals surface area contributed by atoms with Crippen molar-refractivity contribution in [2.45, 2.75) is 31.1 Å². The molecule has 1 aliphatic heterocycles. The average Bonchev–Trinajstić information content (AvgIpc) is 3.20. The van der Waals surface area contributed by atoms with Gasteiger partial charge in [-0.15, -0.1) is 0 Å². The van der Waals surface area contributed by atoms with Crippen molar-refractivity contribution in [2.75, 3.05) is 25.1 Å². The fraction of sp³-hybridized carbons (Fsp3) is 0.500. The number of hydrogen-bond donors (Lipinski definition) is 1. The first-order valence-corrected chi connectivity index (χ1v) is 7.90. The third kappa shape index (κ3) is 2.27. The molecule has 2 aliphatic rings. The Labute approximate surface area is 134 Å². The average molecular weight is 313 g/mol. The highest BCUT2D eigenvalue weighted by Gasteiger charge is 2.43. The first-order valence-electron chi connectivity index (χ1n) is 7.90. The molecule has 3 heterocycles. The van der Waals surface area contributed by atoms with E-state index in [2.05, 4.69) is 29.8 Å². The van der Waals surface area contributed by atoms with E-state index in [0.29, 0.717) is 0 Å². The monoisotopic (exact) mass is 313 g/mol. The van der Waals surface area contributed by atoms with E-state index < -0.39 is 5.97 Å².